The van der Waals surface area contributed by atoms with Crippen molar-refractivity contribution < 1.29 is 0 Å². The largest absolute Gasteiger partial charge is 0.340 e. The van der Waals surface area contributed by atoms with E-state index in [1.54, 1.807) is 0 Å². The number of hydrogen-bond acceptors (Lipinski definition) is 4. The van der Waals surface area contributed by atoms with Crippen molar-refractivity contribution in [3.8, 4) is 11.3 Å². The predicted molar refractivity (Wildman–Crippen MR) is 98.6 cm³/mol. The molecule has 0 aliphatic carbocycles. The summed E-state index contributed by atoms with van der Waals surface area (Å²) in [5, 5.41) is 0. The number of anilines is 1. The molecule has 1 aromatic heterocycles. The lowest BCUT2D eigenvalue weighted by molar-refractivity contribution is 0.270. The Morgan fingerprint density at radius 1 is 1.08 bits per heavy atom. The summed E-state index contributed by atoms with van der Waals surface area (Å²) < 4.78 is 0. The van der Waals surface area contributed by atoms with E-state index in [-0.39, 0.29) is 5.56 Å². The van der Waals surface area contributed by atoms with Crippen molar-refractivity contribution in [1.82, 2.24) is 14.9 Å². The van der Waals surface area contributed by atoms with E-state index in [0.717, 1.165) is 62.4 Å². The molecule has 1 aromatic carbocycles. The zero-order valence-electron chi connectivity index (χ0n) is 14.6. The lowest BCUT2D eigenvalue weighted by Crippen LogP contribution is -2.47. The number of nitrogens with zero attached hydrogens (tertiary/aromatic N) is 3. The van der Waals surface area contributed by atoms with Crippen LogP contribution in [0, 0.1) is 0 Å². The van der Waals surface area contributed by atoms with Crippen LogP contribution >= 0.6 is 0 Å². The van der Waals surface area contributed by atoms with E-state index in [4.69, 9.17) is 4.98 Å². The van der Waals surface area contributed by atoms with E-state index in [1.165, 1.54) is 0 Å². The molecule has 0 saturated carbocycles. The topological polar surface area (TPSA) is 52.2 Å². The number of aromatic amines is 1. The van der Waals surface area contributed by atoms with Crippen LogP contribution in [-0.2, 0) is 6.42 Å². The fourth-order valence-electron chi connectivity index (χ4n) is 3.23. The van der Waals surface area contributed by atoms with Gasteiger partial charge < -0.3 is 9.80 Å². The number of rotatable bonds is 5. The summed E-state index contributed by atoms with van der Waals surface area (Å²) in [6, 6.07) is 10.0. The SMILES string of the molecule is CCCc1c(-c2ccccc2)nc(N2CCN(CC)CC2)[nH]c1=O. The lowest BCUT2D eigenvalue weighted by Gasteiger charge is -2.34. The second-order valence-electron chi connectivity index (χ2n) is 6.25. The highest BCUT2D eigenvalue weighted by atomic mass is 16.1. The number of benzene rings is 1. The molecular weight excluding hydrogens is 300 g/mol. The van der Waals surface area contributed by atoms with Gasteiger partial charge in [0.1, 0.15) is 0 Å². The lowest BCUT2D eigenvalue weighted by atomic mass is 10.0. The fourth-order valence-corrected chi connectivity index (χ4v) is 3.23. The van der Waals surface area contributed by atoms with Gasteiger partial charge in [-0.15, -0.1) is 0 Å². The Bertz CT molecular complexity index is 718. The van der Waals surface area contributed by atoms with Crippen molar-refractivity contribution in [2.75, 3.05) is 37.6 Å². The average Bonchev–Trinajstić information content (AvgIpc) is 2.64. The maximum atomic E-state index is 12.7. The summed E-state index contributed by atoms with van der Waals surface area (Å²) in [5.74, 6) is 0.703. The zero-order valence-corrected chi connectivity index (χ0v) is 14.6. The molecule has 2 heterocycles. The number of likely N-dealkylation sites (N-methyl/N-ethyl adjacent to an activating group) is 1. The Kier molecular flexibility index (Phi) is 5.30. The average molecular weight is 326 g/mol. The minimum atomic E-state index is -0.00127. The van der Waals surface area contributed by atoms with E-state index < -0.39 is 0 Å². The zero-order chi connectivity index (χ0) is 16.9. The minimum Gasteiger partial charge on any atom is -0.340 e. The highest BCUT2D eigenvalue weighted by molar-refractivity contribution is 5.64. The summed E-state index contributed by atoms with van der Waals surface area (Å²) in [6.07, 6.45) is 1.68. The van der Waals surface area contributed by atoms with Crippen LogP contribution in [-0.4, -0.2) is 47.6 Å². The smallest absolute Gasteiger partial charge is 0.256 e. The summed E-state index contributed by atoms with van der Waals surface area (Å²) in [6.45, 7) is 9.17. The quantitative estimate of drug-likeness (QED) is 0.917. The molecule has 0 radical (unpaired) electrons. The third kappa shape index (κ3) is 3.51. The van der Waals surface area contributed by atoms with Crippen molar-refractivity contribution in [3.05, 3.63) is 46.2 Å². The summed E-state index contributed by atoms with van der Waals surface area (Å²) in [5.41, 5.74) is 2.63. The second-order valence-corrected chi connectivity index (χ2v) is 6.25. The molecule has 5 heteroatoms. The molecule has 0 atom stereocenters. The molecule has 1 aliphatic rings. The van der Waals surface area contributed by atoms with Crippen LogP contribution in [0.15, 0.2) is 35.1 Å². The third-order valence-electron chi connectivity index (χ3n) is 4.67. The number of H-pyrrole nitrogens is 1. The first-order chi connectivity index (χ1) is 11.7. The predicted octanol–water partition coefficient (Wildman–Crippen LogP) is 2.53. The van der Waals surface area contributed by atoms with Crippen molar-refractivity contribution in [2.24, 2.45) is 0 Å². The van der Waals surface area contributed by atoms with Crippen LogP contribution in [0.1, 0.15) is 25.8 Å². The molecule has 1 N–H and O–H groups in total. The van der Waals surface area contributed by atoms with E-state index in [2.05, 4.69) is 28.6 Å². The molecular formula is C19H26N4O. The Hall–Kier alpha value is -2.14. The molecule has 1 aliphatic heterocycles. The van der Waals surface area contributed by atoms with E-state index in [0.29, 0.717) is 5.95 Å². The van der Waals surface area contributed by atoms with Crippen molar-refractivity contribution in [3.63, 3.8) is 0 Å². The van der Waals surface area contributed by atoms with Crippen LogP contribution in [0.5, 0.6) is 0 Å². The van der Waals surface area contributed by atoms with Gasteiger partial charge in [0.25, 0.3) is 5.56 Å². The molecule has 5 nitrogen and oxygen atoms in total. The molecule has 1 fully saturated rings. The number of aromatic nitrogens is 2. The van der Waals surface area contributed by atoms with Crippen LogP contribution < -0.4 is 10.5 Å². The maximum absolute atomic E-state index is 12.7. The number of piperazine rings is 1. The monoisotopic (exact) mass is 326 g/mol. The molecule has 128 valence electrons. The molecule has 0 amide bonds. The highest BCUT2D eigenvalue weighted by Gasteiger charge is 2.20. The third-order valence-corrected chi connectivity index (χ3v) is 4.67. The van der Waals surface area contributed by atoms with Crippen LogP contribution in [0.25, 0.3) is 11.3 Å². The van der Waals surface area contributed by atoms with Crippen molar-refractivity contribution in [1.29, 1.82) is 0 Å². The van der Waals surface area contributed by atoms with Crippen LogP contribution in [0.4, 0.5) is 5.95 Å². The molecule has 24 heavy (non-hydrogen) atoms. The molecule has 0 bridgehead atoms. The maximum Gasteiger partial charge on any atom is 0.256 e. The summed E-state index contributed by atoms with van der Waals surface area (Å²) in [7, 11) is 0. The molecule has 0 unspecified atom stereocenters. The Morgan fingerprint density at radius 2 is 1.79 bits per heavy atom. The Balaban J connectivity index is 1.98. The van der Waals surface area contributed by atoms with Gasteiger partial charge in [0, 0.05) is 37.3 Å². The van der Waals surface area contributed by atoms with Gasteiger partial charge in [0.2, 0.25) is 5.95 Å². The van der Waals surface area contributed by atoms with Crippen molar-refractivity contribution in [2.45, 2.75) is 26.7 Å². The molecule has 2 aromatic rings. The number of hydrogen-bond donors (Lipinski definition) is 1. The van der Waals surface area contributed by atoms with Crippen molar-refractivity contribution >= 4 is 5.95 Å². The van der Waals surface area contributed by atoms with Crippen LogP contribution in [0.2, 0.25) is 0 Å². The summed E-state index contributed by atoms with van der Waals surface area (Å²) in [4.78, 5) is 25.1. The first-order valence-electron chi connectivity index (χ1n) is 8.88. The van der Waals surface area contributed by atoms with Gasteiger partial charge in [0.05, 0.1) is 5.69 Å². The standard InChI is InChI=1S/C19H26N4O/c1-3-8-16-17(15-9-6-5-7-10-15)20-19(21-18(16)24)23-13-11-22(4-2)12-14-23/h5-7,9-10H,3-4,8,11-14H2,1-2H3,(H,20,21,24). The first-order valence-corrected chi connectivity index (χ1v) is 8.88. The Labute approximate surface area is 143 Å². The van der Waals surface area contributed by atoms with Gasteiger partial charge in [-0.2, -0.15) is 0 Å². The fraction of sp³-hybridized carbons (Fsp3) is 0.474. The summed E-state index contributed by atoms with van der Waals surface area (Å²) >= 11 is 0. The van der Waals surface area contributed by atoms with Gasteiger partial charge in [-0.25, -0.2) is 4.98 Å². The molecule has 0 spiro atoms. The Morgan fingerprint density at radius 3 is 2.42 bits per heavy atom. The molecule has 1 saturated heterocycles. The van der Waals surface area contributed by atoms with Gasteiger partial charge in [0.15, 0.2) is 0 Å². The number of nitrogens with one attached hydrogen (secondary N) is 1. The second kappa shape index (κ2) is 7.62. The van der Waals surface area contributed by atoms with Gasteiger partial charge in [-0.05, 0) is 13.0 Å². The highest BCUT2D eigenvalue weighted by Crippen LogP contribution is 2.22. The van der Waals surface area contributed by atoms with Gasteiger partial charge in [-0.1, -0.05) is 50.6 Å². The van der Waals surface area contributed by atoms with E-state index in [9.17, 15) is 4.79 Å². The van der Waals surface area contributed by atoms with Gasteiger partial charge in [-0.3, -0.25) is 9.78 Å². The van der Waals surface area contributed by atoms with Crippen LogP contribution in [0.3, 0.4) is 0 Å². The van der Waals surface area contributed by atoms with E-state index >= 15 is 0 Å². The minimum absolute atomic E-state index is 0.00127. The van der Waals surface area contributed by atoms with Gasteiger partial charge >= 0.3 is 0 Å². The first kappa shape index (κ1) is 16.7. The molecule has 3 rings (SSSR count). The van der Waals surface area contributed by atoms with E-state index in [1.807, 2.05) is 30.3 Å². The normalized spacial score (nSPS) is 15.7.